The molecule has 0 aliphatic carbocycles. The van der Waals surface area contributed by atoms with Crippen LogP contribution in [0.25, 0.3) is 6.08 Å². The van der Waals surface area contributed by atoms with Gasteiger partial charge in [-0.2, -0.15) is 0 Å². The van der Waals surface area contributed by atoms with Crippen molar-refractivity contribution < 1.29 is 4.79 Å². The van der Waals surface area contributed by atoms with Gasteiger partial charge in [0.1, 0.15) is 13.3 Å². The Bertz CT molecular complexity index is 1150. The number of Topliss-reactive ketones (excluding diaryl/α,β-unsaturated/α-hetero) is 1. The van der Waals surface area contributed by atoms with E-state index in [1.54, 1.807) is 30.0 Å². The highest BCUT2D eigenvalue weighted by atomic mass is 32.1. The number of hydrogen-bond donors (Lipinski definition) is 0. The largest absolute Gasteiger partial charge is 0.334 e. The number of anilines is 1. The molecule has 4 rings (SSSR count). The minimum Gasteiger partial charge on any atom is -0.334 e. The molecule has 0 spiro atoms. The van der Waals surface area contributed by atoms with Gasteiger partial charge >= 0.3 is 0 Å². The quantitative estimate of drug-likeness (QED) is 0.659. The Hall–Kier alpha value is -3.06. The number of fused-ring (bicyclic) bond motifs is 1. The third kappa shape index (κ3) is 3.09. The van der Waals surface area contributed by atoms with E-state index < -0.39 is 0 Å². The number of benzene rings is 1. The summed E-state index contributed by atoms with van der Waals surface area (Å²) in [6.45, 7) is 2.41. The van der Waals surface area contributed by atoms with Crippen molar-refractivity contribution in [1.29, 1.82) is 0 Å². The molecule has 6 nitrogen and oxygen atoms in total. The molecule has 1 aromatic carbocycles. The molecule has 0 atom stereocenters. The second-order valence-corrected chi connectivity index (χ2v) is 7.01. The fraction of sp³-hybridized carbons (Fsp3) is 0.158. The molecule has 2 aromatic heterocycles. The molecule has 0 amide bonds. The molecule has 0 bridgehead atoms. The maximum atomic E-state index is 12.8. The van der Waals surface area contributed by atoms with E-state index in [0.717, 1.165) is 11.3 Å². The molecule has 3 aromatic rings. The molecule has 0 radical (unpaired) electrons. The van der Waals surface area contributed by atoms with E-state index >= 15 is 0 Å². The SMILES string of the molecule is CC(=O)c1cccc(N2CN=c3sc(=Cc4cccnc4)c(=O)n3C2)c1. The van der Waals surface area contributed by atoms with E-state index in [2.05, 4.69) is 9.98 Å². The molecule has 7 heteroatoms. The first-order chi connectivity index (χ1) is 12.6. The summed E-state index contributed by atoms with van der Waals surface area (Å²) in [4.78, 5) is 35.6. The van der Waals surface area contributed by atoms with Gasteiger partial charge in [-0.3, -0.25) is 19.1 Å². The van der Waals surface area contributed by atoms with Crippen molar-refractivity contribution in [3.8, 4) is 0 Å². The third-order valence-electron chi connectivity index (χ3n) is 4.18. The Morgan fingerprint density at radius 3 is 2.92 bits per heavy atom. The zero-order valence-electron chi connectivity index (χ0n) is 14.1. The second-order valence-electron chi connectivity index (χ2n) is 6.00. The van der Waals surface area contributed by atoms with Crippen molar-refractivity contribution in [1.82, 2.24) is 9.55 Å². The first-order valence-electron chi connectivity index (χ1n) is 8.13. The number of thiazole rings is 1. The van der Waals surface area contributed by atoms with Crippen LogP contribution in [0.3, 0.4) is 0 Å². The summed E-state index contributed by atoms with van der Waals surface area (Å²) >= 11 is 1.38. The van der Waals surface area contributed by atoms with Gasteiger partial charge < -0.3 is 4.90 Å². The van der Waals surface area contributed by atoms with Crippen LogP contribution in [0.5, 0.6) is 0 Å². The van der Waals surface area contributed by atoms with Crippen LogP contribution in [-0.2, 0) is 6.67 Å². The van der Waals surface area contributed by atoms with E-state index in [1.165, 1.54) is 11.3 Å². The molecular weight excluding hydrogens is 348 g/mol. The van der Waals surface area contributed by atoms with Crippen molar-refractivity contribution in [2.75, 3.05) is 11.6 Å². The molecule has 0 saturated carbocycles. The minimum absolute atomic E-state index is 0.0162. The van der Waals surface area contributed by atoms with E-state index in [9.17, 15) is 9.59 Å². The lowest BCUT2D eigenvalue weighted by Gasteiger charge is -2.25. The summed E-state index contributed by atoms with van der Waals surface area (Å²) < 4.78 is 2.30. The lowest BCUT2D eigenvalue weighted by molar-refractivity contribution is 0.101. The van der Waals surface area contributed by atoms with Crippen LogP contribution in [0.2, 0.25) is 0 Å². The van der Waals surface area contributed by atoms with Crippen molar-refractivity contribution in [3.05, 3.63) is 79.6 Å². The summed E-state index contributed by atoms with van der Waals surface area (Å²) in [6.07, 6.45) is 5.26. The van der Waals surface area contributed by atoms with Gasteiger partial charge in [-0.05, 0) is 36.8 Å². The second kappa shape index (κ2) is 6.68. The van der Waals surface area contributed by atoms with Gasteiger partial charge in [0, 0.05) is 23.6 Å². The summed E-state index contributed by atoms with van der Waals surface area (Å²) in [6, 6.07) is 11.1. The summed E-state index contributed by atoms with van der Waals surface area (Å²) in [5.74, 6) is 0.0162. The first kappa shape index (κ1) is 16.4. The Kier molecular flexibility index (Phi) is 4.22. The van der Waals surface area contributed by atoms with Gasteiger partial charge in [0.15, 0.2) is 10.6 Å². The molecule has 0 saturated heterocycles. The zero-order valence-corrected chi connectivity index (χ0v) is 14.9. The Morgan fingerprint density at radius 1 is 1.27 bits per heavy atom. The molecule has 3 heterocycles. The smallest absolute Gasteiger partial charge is 0.271 e. The molecule has 0 N–H and O–H groups in total. The normalized spacial score (nSPS) is 14.0. The Labute approximate surface area is 153 Å². The van der Waals surface area contributed by atoms with Gasteiger partial charge in [-0.15, -0.1) is 0 Å². The number of aromatic nitrogens is 2. The summed E-state index contributed by atoms with van der Waals surface area (Å²) in [5, 5.41) is 0. The maximum Gasteiger partial charge on any atom is 0.271 e. The fourth-order valence-corrected chi connectivity index (χ4v) is 3.77. The van der Waals surface area contributed by atoms with Gasteiger partial charge in [-0.1, -0.05) is 29.5 Å². The van der Waals surface area contributed by atoms with Crippen molar-refractivity contribution in [2.45, 2.75) is 13.6 Å². The monoisotopic (exact) mass is 364 g/mol. The minimum atomic E-state index is -0.0648. The third-order valence-corrected chi connectivity index (χ3v) is 5.22. The van der Waals surface area contributed by atoms with Crippen LogP contribution in [0, 0.1) is 0 Å². The summed E-state index contributed by atoms with van der Waals surface area (Å²) in [7, 11) is 0. The number of ketones is 1. The average molecular weight is 364 g/mol. The van der Waals surface area contributed by atoms with Crippen LogP contribution in [0.1, 0.15) is 22.8 Å². The molecular formula is C19H16N4O2S. The Balaban J connectivity index is 1.70. The van der Waals surface area contributed by atoms with Crippen LogP contribution in [0.15, 0.2) is 58.6 Å². The lowest BCUT2D eigenvalue weighted by atomic mass is 10.1. The number of rotatable bonds is 3. The summed E-state index contributed by atoms with van der Waals surface area (Å²) in [5.41, 5.74) is 2.35. The Morgan fingerprint density at radius 2 is 2.15 bits per heavy atom. The highest BCUT2D eigenvalue weighted by Gasteiger charge is 2.16. The van der Waals surface area contributed by atoms with Crippen LogP contribution in [-0.4, -0.2) is 22.0 Å². The van der Waals surface area contributed by atoms with Crippen molar-refractivity contribution >= 4 is 28.9 Å². The maximum absolute atomic E-state index is 12.8. The predicted octanol–water partition coefficient (Wildman–Crippen LogP) is 1.39. The average Bonchev–Trinajstić information content (AvgIpc) is 2.98. The molecule has 0 unspecified atom stereocenters. The van der Waals surface area contributed by atoms with E-state index in [-0.39, 0.29) is 11.3 Å². The van der Waals surface area contributed by atoms with Gasteiger partial charge in [0.2, 0.25) is 0 Å². The van der Waals surface area contributed by atoms with E-state index in [0.29, 0.717) is 28.2 Å². The van der Waals surface area contributed by atoms with Gasteiger partial charge in [-0.25, -0.2) is 4.99 Å². The molecule has 26 heavy (non-hydrogen) atoms. The number of carbonyl (C=O) groups excluding carboxylic acids is 1. The zero-order chi connectivity index (χ0) is 18.1. The van der Waals surface area contributed by atoms with Gasteiger partial charge in [0.25, 0.3) is 5.56 Å². The molecule has 130 valence electrons. The lowest BCUT2D eigenvalue weighted by Crippen LogP contribution is -2.42. The van der Waals surface area contributed by atoms with E-state index in [4.69, 9.17) is 0 Å². The number of pyridine rings is 1. The number of nitrogens with zero attached hydrogens (tertiary/aromatic N) is 4. The first-order valence-corrected chi connectivity index (χ1v) is 8.95. The topological polar surface area (TPSA) is 67.6 Å². The molecule has 1 aliphatic heterocycles. The number of hydrogen-bond acceptors (Lipinski definition) is 6. The molecule has 1 aliphatic rings. The number of carbonyl (C=O) groups is 1. The fourth-order valence-electron chi connectivity index (χ4n) is 2.81. The highest BCUT2D eigenvalue weighted by molar-refractivity contribution is 7.07. The molecule has 0 fully saturated rings. The van der Waals surface area contributed by atoms with Crippen LogP contribution in [0.4, 0.5) is 5.69 Å². The van der Waals surface area contributed by atoms with E-state index in [1.807, 2.05) is 41.3 Å². The van der Waals surface area contributed by atoms with Crippen molar-refractivity contribution in [3.63, 3.8) is 0 Å². The van der Waals surface area contributed by atoms with Gasteiger partial charge in [0.05, 0.1) is 4.53 Å². The van der Waals surface area contributed by atoms with Crippen LogP contribution >= 0.6 is 11.3 Å². The standard InChI is InChI=1S/C19H16N4O2S/c1-13(24)15-5-2-6-16(9-15)22-11-21-19-23(12-22)18(25)17(26-19)8-14-4-3-7-20-10-14/h2-10H,11-12H2,1H3. The predicted molar refractivity (Wildman–Crippen MR) is 101 cm³/mol. The highest BCUT2D eigenvalue weighted by Crippen LogP contribution is 2.18. The van der Waals surface area contributed by atoms with Crippen molar-refractivity contribution in [2.24, 2.45) is 4.99 Å². The van der Waals surface area contributed by atoms with Crippen LogP contribution < -0.4 is 19.8 Å².